The van der Waals surface area contributed by atoms with Crippen LogP contribution in [0.15, 0.2) is 0 Å². The number of nitrogens with zero attached hydrogens (tertiary/aromatic N) is 4. The van der Waals surface area contributed by atoms with Gasteiger partial charge in [0.1, 0.15) is 0 Å². The maximum absolute atomic E-state index is 5.55. The van der Waals surface area contributed by atoms with Gasteiger partial charge in [-0.05, 0) is 23.7 Å². The first-order valence-corrected chi connectivity index (χ1v) is 3.77. The zero-order valence-corrected chi connectivity index (χ0v) is 6.59. The molecular formula is C5H5N5S. The second-order valence-electron chi connectivity index (χ2n) is 2.12. The van der Waals surface area contributed by atoms with Crippen molar-refractivity contribution in [3.05, 3.63) is 5.69 Å². The molecule has 56 valence electrons. The Balaban J connectivity index is 2.96. The van der Waals surface area contributed by atoms with E-state index in [9.17, 15) is 0 Å². The van der Waals surface area contributed by atoms with Gasteiger partial charge < -0.3 is 5.73 Å². The lowest BCUT2D eigenvalue weighted by Crippen LogP contribution is -1.95. The predicted molar refractivity (Wildman–Crippen MR) is 42.2 cm³/mol. The largest absolute Gasteiger partial charge is 0.382 e. The lowest BCUT2D eigenvalue weighted by atomic mass is 10.3. The Kier molecular flexibility index (Phi) is 1.22. The van der Waals surface area contributed by atoms with E-state index in [0.717, 1.165) is 15.9 Å². The van der Waals surface area contributed by atoms with Crippen LogP contribution in [0.4, 0.5) is 5.82 Å². The summed E-state index contributed by atoms with van der Waals surface area (Å²) in [4.78, 5) is 0.745. The van der Waals surface area contributed by atoms with E-state index in [1.54, 1.807) is 0 Å². The molecule has 0 aliphatic heterocycles. The molecular weight excluding hydrogens is 162 g/mol. The fourth-order valence-corrected chi connectivity index (χ4v) is 1.61. The zero-order chi connectivity index (χ0) is 7.84. The van der Waals surface area contributed by atoms with Gasteiger partial charge in [-0.25, -0.2) is 0 Å². The Morgan fingerprint density at radius 2 is 2.18 bits per heavy atom. The fourth-order valence-electron chi connectivity index (χ4n) is 0.882. The van der Waals surface area contributed by atoms with Gasteiger partial charge in [-0.15, -0.1) is 10.2 Å². The van der Waals surface area contributed by atoms with Gasteiger partial charge in [0.2, 0.25) is 0 Å². The lowest BCUT2D eigenvalue weighted by Gasteiger charge is -1.90. The van der Waals surface area contributed by atoms with Gasteiger partial charge in [0.05, 0.1) is 11.1 Å². The zero-order valence-electron chi connectivity index (χ0n) is 5.77. The number of anilines is 1. The van der Waals surface area contributed by atoms with Gasteiger partial charge in [-0.3, -0.25) is 0 Å². The van der Waals surface area contributed by atoms with Crippen molar-refractivity contribution in [3.63, 3.8) is 0 Å². The number of aryl methyl sites for hydroxylation is 1. The highest BCUT2D eigenvalue weighted by molar-refractivity contribution is 7.13. The molecule has 0 unspecified atom stereocenters. The Morgan fingerprint density at radius 3 is 2.91 bits per heavy atom. The highest BCUT2D eigenvalue weighted by Gasteiger charge is 2.07. The summed E-state index contributed by atoms with van der Waals surface area (Å²) in [5.74, 6) is 0.404. The van der Waals surface area contributed by atoms with Crippen molar-refractivity contribution in [1.82, 2.24) is 19.8 Å². The Hall–Kier alpha value is -1.30. The topological polar surface area (TPSA) is 77.6 Å². The molecule has 2 aromatic rings. The fraction of sp³-hybridized carbons (Fsp3) is 0.200. The van der Waals surface area contributed by atoms with Gasteiger partial charge >= 0.3 is 0 Å². The molecule has 0 spiro atoms. The monoisotopic (exact) mass is 167 g/mol. The number of hydrogen-bond donors (Lipinski definition) is 1. The smallest absolute Gasteiger partial charge is 0.171 e. The predicted octanol–water partition coefficient (Wildman–Crippen LogP) is 0.372. The average molecular weight is 167 g/mol. The van der Waals surface area contributed by atoms with Crippen LogP contribution in [0, 0.1) is 6.92 Å². The highest BCUT2D eigenvalue weighted by Crippen LogP contribution is 2.22. The van der Waals surface area contributed by atoms with Crippen LogP contribution in [0.5, 0.6) is 0 Å². The number of aromatic nitrogens is 4. The van der Waals surface area contributed by atoms with Crippen LogP contribution in [0.2, 0.25) is 0 Å². The summed E-state index contributed by atoms with van der Waals surface area (Å²) in [7, 11) is 0. The molecule has 0 saturated heterocycles. The molecule has 2 aromatic heterocycles. The molecule has 0 atom stereocenters. The summed E-state index contributed by atoms with van der Waals surface area (Å²) in [6.45, 7) is 1.87. The van der Waals surface area contributed by atoms with Gasteiger partial charge in [-0.1, -0.05) is 0 Å². The molecule has 5 nitrogen and oxygen atoms in total. The van der Waals surface area contributed by atoms with Crippen molar-refractivity contribution in [2.75, 3.05) is 5.73 Å². The second-order valence-corrected chi connectivity index (χ2v) is 2.87. The van der Waals surface area contributed by atoms with Crippen LogP contribution >= 0.6 is 11.5 Å². The molecule has 0 bridgehead atoms. The Morgan fingerprint density at radius 1 is 1.36 bits per heavy atom. The van der Waals surface area contributed by atoms with Crippen molar-refractivity contribution in [3.8, 4) is 0 Å². The van der Waals surface area contributed by atoms with Crippen molar-refractivity contribution in [2.24, 2.45) is 0 Å². The Labute approximate surface area is 66.4 Å². The highest BCUT2D eigenvalue weighted by atomic mass is 32.1. The third kappa shape index (κ3) is 0.829. The van der Waals surface area contributed by atoms with Gasteiger partial charge in [0.25, 0.3) is 0 Å². The molecule has 11 heavy (non-hydrogen) atoms. The molecule has 2 rings (SSSR count). The molecule has 0 aliphatic rings. The minimum atomic E-state index is 0.404. The third-order valence-corrected chi connectivity index (χ3v) is 2.21. The van der Waals surface area contributed by atoms with Crippen LogP contribution in [-0.2, 0) is 0 Å². The first kappa shape index (κ1) is 6.41. The summed E-state index contributed by atoms with van der Waals surface area (Å²) in [5, 5.41) is 11.7. The number of fused-ring (bicyclic) bond motifs is 1. The molecule has 0 saturated carbocycles. The number of rotatable bonds is 0. The molecule has 0 radical (unpaired) electrons. The quantitative estimate of drug-likeness (QED) is 0.613. The van der Waals surface area contributed by atoms with Gasteiger partial charge in [0.15, 0.2) is 10.6 Å². The Bertz CT molecular complexity index is 395. The normalized spacial score (nSPS) is 10.6. The van der Waals surface area contributed by atoms with Crippen molar-refractivity contribution in [2.45, 2.75) is 6.92 Å². The van der Waals surface area contributed by atoms with E-state index in [1.807, 2.05) is 6.92 Å². The molecule has 0 fully saturated rings. The van der Waals surface area contributed by atoms with E-state index in [0.29, 0.717) is 5.82 Å². The van der Waals surface area contributed by atoms with E-state index in [-0.39, 0.29) is 0 Å². The van der Waals surface area contributed by atoms with Crippen molar-refractivity contribution >= 4 is 27.6 Å². The summed E-state index contributed by atoms with van der Waals surface area (Å²) in [6.07, 6.45) is 0. The van der Waals surface area contributed by atoms with Crippen molar-refractivity contribution in [1.29, 1.82) is 0 Å². The molecule has 2 heterocycles. The summed E-state index contributed by atoms with van der Waals surface area (Å²) < 4.78 is 4.08. The van der Waals surface area contributed by atoms with E-state index < -0.39 is 0 Å². The maximum Gasteiger partial charge on any atom is 0.171 e. The second kappa shape index (κ2) is 2.09. The maximum atomic E-state index is 5.55. The van der Waals surface area contributed by atoms with Crippen LogP contribution < -0.4 is 5.73 Å². The van der Waals surface area contributed by atoms with Crippen LogP contribution in [0.1, 0.15) is 5.69 Å². The van der Waals surface area contributed by atoms with E-state index >= 15 is 0 Å². The summed E-state index contributed by atoms with van der Waals surface area (Å²) in [6, 6.07) is 0. The SMILES string of the molecule is Cc1nsc2nnnc(N)c12. The minimum absolute atomic E-state index is 0.404. The van der Waals surface area contributed by atoms with Crippen molar-refractivity contribution < 1.29 is 0 Å². The molecule has 0 amide bonds. The first-order chi connectivity index (χ1) is 5.29. The van der Waals surface area contributed by atoms with Crippen LogP contribution in [0.3, 0.4) is 0 Å². The minimum Gasteiger partial charge on any atom is -0.382 e. The number of hydrogen-bond acceptors (Lipinski definition) is 6. The van der Waals surface area contributed by atoms with Crippen LogP contribution in [0.25, 0.3) is 10.2 Å². The molecule has 2 N–H and O–H groups in total. The van der Waals surface area contributed by atoms with E-state index in [1.165, 1.54) is 11.5 Å². The average Bonchev–Trinajstić information content (AvgIpc) is 2.34. The molecule has 6 heteroatoms. The summed E-state index contributed by atoms with van der Waals surface area (Å²) in [5.41, 5.74) is 6.42. The third-order valence-electron chi connectivity index (χ3n) is 1.39. The number of nitrogens with two attached hydrogens (primary N) is 1. The van der Waals surface area contributed by atoms with E-state index in [4.69, 9.17) is 5.73 Å². The first-order valence-electron chi connectivity index (χ1n) is 3.00. The van der Waals surface area contributed by atoms with Crippen LogP contribution in [-0.4, -0.2) is 19.8 Å². The molecule has 0 aromatic carbocycles. The van der Waals surface area contributed by atoms with Gasteiger partial charge in [-0.2, -0.15) is 4.37 Å². The van der Waals surface area contributed by atoms with Gasteiger partial charge in [0, 0.05) is 0 Å². The molecule has 0 aliphatic carbocycles. The number of nitrogen functional groups attached to an aromatic ring is 1. The van der Waals surface area contributed by atoms with E-state index in [2.05, 4.69) is 19.8 Å². The summed E-state index contributed by atoms with van der Waals surface area (Å²) >= 11 is 1.28. The standard InChI is InChI=1S/C5H5N5S/c1-2-3-4(6)7-10-8-5(3)11-9-2/h1H3,(H2,6,7,8). The lowest BCUT2D eigenvalue weighted by molar-refractivity contribution is 0.907.